The lowest BCUT2D eigenvalue weighted by Crippen LogP contribution is -2.64. The van der Waals surface area contributed by atoms with Crippen molar-refractivity contribution < 1.29 is 43.4 Å². The molecule has 2 aromatic carbocycles. The van der Waals surface area contributed by atoms with Crippen LogP contribution in [0.25, 0.3) is 0 Å². The van der Waals surface area contributed by atoms with Crippen molar-refractivity contribution in [3.8, 4) is 5.75 Å². The molecule has 0 saturated carbocycles. The Morgan fingerprint density at radius 3 is 2.38 bits per heavy atom. The molecule has 176 valence electrons. The zero-order valence-electron chi connectivity index (χ0n) is 17.2. The van der Waals surface area contributed by atoms with Gasteiger partial charge in [0, 0.05) is 17.7 Å². The Morgan fingerprint density at radius 2 is 1.78 bits per heavy atom. The molecule has 10 heteroatoms. The van der Waals surface area contributed by atoms with Gasteiger partial charge in [0.15, 0.2) is 0 Å². The van der Waals surface area contributed by atoms with Crippen LogP contribution < -0.4 is 4.74 Å². The summed E-state index contributed by atoms with van der Waals surface area (Å²) in [6.45, 7) is -1.29. The zero-order valence-corrected chi connectivity index (χ0v) is 18.0. The summed E-state index contributed by atoms with van der Waals surface area (Å²) < 4.78 is 40.7. The van der Waals surface area contributed by atoms with E-state index in [0.29, 0.717) is 28.3 Å². The maximum Gasteiger partial charge on any atom is 0.272 e. The minimum Gasteiger partial charge on any atom is -0.488 e. The van der Waals surface area contributed by atoms with Crippen LogP contribution in [0, 0.1) is 0 Å². The van der Waals surface area contributed by atoms with Crippen molar-refractivity contribution in [1.29, 1.82) is 0 Å². The molecule has 1 fully saturated rings. The normalized spacial score (nSPS) is 28.2. The molecule has 32 heavy (non-hydrogen) atoms. The molecule has 1 aliphatic rings. The number of halogens is 3. The van der Waals surface area contributed by atoms with E-state index in [9.17, 15) is 29.2 Å². The van der Waals surface area contributed by atoms with Gasteiger partial charge in [0.25, 0.3) is 6.43 Å². The highest BCUT2D eigenvalue weighted by Gasteiger charge is 2.55. The van der Waals surface area contributed by atoms with Gasteiger partial charge in [0.2, 0.25) is 5.79 Å². The van der Waals surface area contributed by atoms with Crippen molar-refractivity contribution in [2.75, 3.05) is 20.3 Å². The third-order valence-electron chi connectivity index (χ3n) is 5.40. The van der Waals surface area contributed by atoms with Crippen LogP contribution in [0.2, 0.25) is 5.02 Å². The molecule has 4 N–H and O–H groups in total. The van der Waals surface area contributed by atoms with E-state index in [1.165, 1.54) is 7.11 Å². The highest BCUT2D eigenvalue weighted by Crippen LogP contribution is 2.40. The van der Waals surface area contributed by atoms with Crippen molar-refractivity contribution in [2.45, 2.75) is 43.0 Å². The van der Waals surface area contributed by atoms with Crippen LogP contribution in [-0.4, -0.2) is 71.6 Å². The third kappa shape index (κ3) is 5.04. The second-order valence-electron chi connectivity index (χ2n) is 7.47. The van der Waals surface area contributed by atoms with E-state index in [2.05, 4.69) is 0 Å². The molecule has 7 nitrogen and oxygen atoms in total. The van der Waals surface area contributed by atoms with Crippen LogP contribution in [-0.2, 0) is 21.7 Å². The van der Waals surface area contributed by atoms with Crippen molar-refractivity contribution in [3.05, 3.63) is 64.2 Å². The summed E-state index contributed by atoms with van der Waals surface area (Å²) in [4.78, 5) is 0. The molecular formula is C22H25ClF2O7. The second kappa shape index (κ2) is 10.4. The standard InChI is InChI=1S/C22H25ClF2O7/c1-30-22(21(29)20(28)19(27)17(10-26)32-22)14-4-7-16(23)13(9-14)8-12-2-5-15(6-3-12)31-11-18(24)25/h2-7,9,17-21,26-29H,8,10-11H2,1H3/t17-,19-,20+,21-,22+/m1/s1. The fraction of sp³-hybridized carbons (Fsp3) is 0.455. The van der Waals surface area contributed by atoms with Gasteiger partial charge in [-0.3, -0.25) is 0 Å². The first kappa shape index (κ1) is 24.8. The van der Waals surface area contributed by atoms with E-state index in [0.717, 1.165) is 5.56 Å². The molecule has 0 amide bonds. The molecule has 0 aromatic heterocycles. The number of hydrogen-bond donors (Lipinski definition) is 4. The van der Waals surface area contributed by atoms with Crippen LogP contribution in [0.5, 0.6) is 5.75 Å². The van der Waals surface area contributed by atoms with Gasteiger partial charge in [-0.15, -0.1) is 0 Å². The number of hydrogen-bond acceptors (Lipinski definition) is 7. The minimum atomic E-state index is -2.56. The van der Waals surface area contributed by atoms with Gasteiger partial charge in [0.1, 0.15) is 36.8 Å². The Hall–Kier alpha value is -1.85. The number of aliphatic hydroxyl groups excluding tert-OH is 4. The van der Waals surface area contributed by atoms with Gasteiger partial charge in [-0.05, 0) is 41.8 Å². The van der Waals surface area contributed by atoms with Gasteiger partial charge in [-0.2, -0.15) is 0 Å². The van der Waals surface area contributed by atoms with Crippen LogP contribution in [0.15, 0.2) is 42.5 Å². The molecule has 0 bridgehead atoms. The summed E-state index contributed by atoms with van der Waals surface area (Å²) in [6, 6.07) is 11.3. The fourth-order valence-electron chi connectivity index (χ4n) is 3.68. The molecule has 1 saturated heterocycles. The molecule has 1 heterocycles. The van der Waals surface area contributed by atoms with Crippen LogP contribution in [0.1, 0.15) is 16.7 Å². The number of aliphatic hydroxyl groups is 4. The zero-order chi connectivity index (χ0) is 23.5. The summed E-state index contributed by atoms with van der Waals surface area (Å²) in [6.07, 6.45) is -8.17. The van der Waals surface area contributed by atoms with Gasteiger partial charge >= 0.3 is 0 Å². The quantitative estimate of drug-likeness (QED) is 0.462. The van der Waals surface area contributed by atoms with E-state index >= 15 is 0 Å². The summed E-state index contributed by atoms with van der Waals surface area (Å²) in [5.74, 6) is -1.54. The van der Waals surface area contributed by atoms with E-state index in [-0.39, 0.29) is 0 Å². The topological polar surface area (TPSA) is 109 Å². The molecule has 0 spiro atoms. The lowest BCUT2D eigenvalue weighted by molar-refractivity contribution is -0.366. The van der Waals surface area contributed by atoms with Crippen molar-refractivity contribution >= 4 is 11.6 Å². The summed E-state index contributed by atoms with van der Waals surface area (Å²) in [7, 11) is 1.27. The second-order valence-corrected chi connectivity index (χ2v) is 7.87. The van der Waals surface area contributed by atoms with Crippen molar-refractivity contribution in [3.63, 3.8) is 0 Å². The summed E-state index contributed by atoms with van der Waals surface area (Å²) >= 11 is 6.35. The van der Waals surface area contributed by atoms with Crippen LogP contribution in [0.4, 0.5) is 8.78 Å². The third-order valence-corrected chi connectivity index (χ3v) is 5.76. The minimum absolute atomic E-state index is 0.313. The van der Waals surface area contributed by atoms with E-state index in [1.54, 1.807) is 42.5 Å². The highest BCUT2D eigenvalue weighted by molar-refractivity contribution is 6.31. The molecule has 0 aliphatic carbocycles. The molecule has 3 rings (SSSR count). The highest BCUT2D eigenvalue weighted by atomic mass is 35.5. The summed E-state index contributed by atoms with van der Waals surface area (Å²) in [5.41, 5.74) is 1.78. The molecule has 1 aliphatic heterocycles. The van der Waals surface area contributed by atoms with Gasteiger partial charge < -0.3 is 34.6 Å². The number of rotatable bonds is 8. The fourth-order valence-corrected chi connectivity index (χ4v) is 3.86. The van der Waals surface area contributed by atoms with Crippen molar-refractivity contribution in [1.82, 2.24) is 0 Å². The SMILES string of the molecule is CO[C@@]1(c2ccc(Cl)c(Cc3ccc(OCC(F)F)cc3)c2)O[C@H](CO)[C@@H](O)[C@H](O)[C@H]1O. The molecule has 0 radical (unpaired) electrons. The predicted molar refractivity (Wildman–Crippen MR) is 111 cm³/mol. The average Bonchev–Trinajstić information content (AvgIpc) is 2.79. The Balaban J connectivity index is 1.87. The maximum atomic E-state index is 12.3. The first-order valence-electron chi connectivity index (χ1n) is 9.88. The Kier molecular flexibility index (Phi) is 8.05. The largest absolute Gasteiger partial charge is 0.488 e. The first-order valence-corrected chi connectivity index (χ1v) is 10.3. The van der Waals surface area contributed by atoms with Crippen LogP contribution in [0.3, 0.4) is 0 Å². The molecule has 0 unspecified atom stereocenters. The number of ether oxygens (including phenoxy) is 3. The Bertz CT molecular complexity index is 896. The van der Waals surface area contributed by atoms with Crippen LogP contribution >= 0.6 is 11.6 Å². The van der Waals surface area contributed by atoms with Crippen molar-refractivity contribution in [2.24, 2.45) is 0 Å². The Labute approximate surface area is 188 Å². The monoisotopic (exact) mass is 474 g/mol. The number of methoxy groups -OCH3 is 1. The van der Waals surface area contributed by atoms with Gasteiger partial charge in [-0.25, -0.2) is 8.78 Å². The first-order chi connectivity index (χ1) is 15.2. The number of alkyl halides is 2. The molecule has 2 aromatic rings. The maximum absolute atomic E-state index is 12.3. The lowest BCUT2D eigenvalue weighted by Gasteiger charge is -2.47. The van der Waals surface area contributed by atoms with Gasteiger partial charge in [0.05, 0.1) is 6.61 Å². The predicted octanol–water partition coefficient (Wildman–Crippen LogP) is 1.85. The summed E-state index contributed by atoms with van der Waals surface area (Å²) in [5, 5.41) is 40.9. The van der Waals surface area contributed by atoms with E-state index in [4.69, 9.17) is 25.8 Å². The van der Waals surface area contributed by atoms with E-state index < -0.39 is 49.8 Å². The molecule has 5 atom stereocenters. The lowest BCUT2D eigenvalue weighted by atomic mass is 9.87. The number of benzene rings is 2. The van der Waals surface area contributed by atoms with Gasteiger partial charge in [-0.1, -0.05) is 29.8 Å². The van der Waals surface area contributed by atoms with E-state index in [1.807, 2.05) is 0 Å². The average molecular weight is 475 g/mol. The smallest absolute Gasteiger partial charge is 0.272 e. The molecular weight excluding hydrogens is 450 g/mol. The Morgan fingerprint density at radius 1 is 1.09 bits per heavy atom.